The summed E-state index contributed by atoms with van der Waals surface area (Å²) in [6.07, 6.45) is 6.17. The molecule has 1 aromatic heterocycles. The van der Waals surface area contributed by atoms with E-state index in [1.807, 2.05) is 0 Å². The van der Waals surface area contributed by atoms with Crippen LogP contribution in [0.5, 0.6) is 0 Å². The van der Waals surface area contributed by atoms with Crippen LogP contribution in [0, 0.1) is 11.8 Å². The second-order valence-electron chi connectivity index (χ2n) is 7.49. The Morgan fingerprint density at radius 1 is 1.10 bits per heavy atom. The fraction of sp³-hybridized carbons (Fsp3) is 0.833. The van der Waals surface area contributed by atoms with Crippen LogP contribution in [-0.2, 0) is 19.4 Å². The molecule has 1 aliphatic rings. The molecule has 0 spiro atoms. The Morgan fingerprint density at radius 2 is 1.86 bits per heavy atom. The SMILES string of the molecule is CC(C)CCCC(C)n1c(CC(C)C)nc2c1CCNC2. The number of hydrogen-bond acceptors (Lipinski definition) is 2. The van der Waals surface area contributed by atoms with E-state index < -0.39 is 0 Å². The van der Waals surface area contributed by atoms with Crippen molar-refractivity contribution in [2.45, 2.75) is 79.3 Å². The van der Waals surface area contributed by atoms with Gasteiger partial charge in [-0.3, -0.25) is 0 Å². The Kier molecular flexibility index (Phi) is 5.86. The molecular formula is C18H33N3. The zero-order chi connectivity index (χ0) is 15.4. The molecule has 0 aromatic carbocycles. The highest BCUT2D eigenvalue weighted by molar-refractivity contribution is 5.21. The number of aromatic nitrogens is 2. The minimum absolute atomic E-state index is 0.590. The minimum Gasteiger partial charge on any atom is -0.329 e. The van der Waals surface area contributed by atoms with Crippen LogP contribution < -0.4 is 5.32 Å². The molecule has 0 radical (unpaired) electrons. The van der Waals surface area contributed by atoms with Gasteiger partial charge >= 0.3 is 0 Å². The van der Waals surface area contributed by atoms with Gasteiger partial charge in [0.05, 0.1) is 5.69 Å². The number of fused-ring (bicyclic) bond motifs is 1. The number of hydrogen-bond donors (Lipinski definition) is 1. The molecular weight excluding hydrogens is 258 g/mol. The predicted octanol–water partition coefficient (Wildman–Crippen LogP) is 4.11. The first-order valence-corrected chi connectivity index (χ1v) is 8.78. The van der Waals surface area contributed by atoms with E-state index in [0.717, 1.165) is 31.8 Å². The van der Waals surface area contributed by atoms with Crippen LogP contribution in [0.3, 0.4) is 0 Å². The maximum Gasteiger partial charge on any atom is 0.109 e. The topological polar surface area (TPSA) is 29.9 Å². The van der Waals surface area contributed by atoms with Crippen molar-refractivity contribution >= 4 is 0 Å². The van der Waals surface area contributed by atoms with Crippen molar-refractivity contribution in [3.63, 3.8) is 0 Å². The van der Waals surface area contributed by atoms with Crippen molar-refractivity contribution in [2.24, 2.45) is 11.8 Å². The van der Waals surface area contributed by atoms with E-state index in [-0.39, 0.29) is 0 Å². The molecule has 1 aliphatic heterocycles. The van der Waals surface area contributed by atoms with Gasteiger partial charge in [0.1, 0.15) is 5.82 Å². The lowest BCUT2D eigenvalue weighted by molar-refractivity contribution is 0.418. The van der Waals surface area contributed by atoms with Gasteiger partial charge in [-0.2, -0.15) is 0 Å². The fourth-order valence-electron chi connectivity index (χ4n) is 3.37. The summed E-state index contributed by atoms with van der Waals surface area (Å²) >= 11 is 0. The van der Waals surface area contributed by atoms with Crippen molar-refractivity contribution in [3.05, 3.63) is 17.2 Å². The van der Waals surface area contributed by atoms with Gasteiger partial charge in [0.25, 0.3) is 0 Å². The van der Waals surface area contributed by atoms with Crippen LogP contribution in [0.15, 0.2) is 0 Å². The van der Waals surface area contributed by atoms with Crippen LogP contribution in [0.4, 0.5) is 0 Å². The highest BCUT2D eigenvalue weighted by Gasteiger charge is 2.22. The largest absolute Gasteiger partial charge is 0.329 e. The molecule has 0 bridgehead atoms. The number of nitrogens with one attached hydrogen (secondary N) is 1. The lowest BCUT2D eigenvalue weighted by Crippen LogP contribution is -2.26. The highest BCUT2D eigenvalue weighted by Crippen LogP contribution is 2.26. The average molecular weight is 291 g/mol. The van der Waals surface area contributed by atoms with E-state index in [2.05, 4.69) is 44.5 Å². The van der Waals surface area contributed by atoms with E-state index >= 15 is 0 Å². The molecule has 1 aromatic rings. The molecule has 2 rings (SSSR count). The smallest absolute Gasteiger partial charge is 0.109 e. The Labute approximate surface area is 130 Å². The summed E-state index contributed by atoms with van der Waals surface area (Å²) in [5.41, 5.74) is 2.80. The molecule has 1 unspecified atom stereocenters. The third kappa shape index (κ3) is 4.32. The second-order valence-corrected chi connectivity index (χ2v) is 7.49. The van der Waals surface area contributed by atoms with Crippen LogP contribution in [-0.4, -0.2) is 16.1 Å². The summed E-state index contributed by atoms with van der Waals surface area (Å²) in [6, 6.07) is 0.590. The van der Waals surface area contributed by atoms with E-state index in [4.69, 9.17) is 4.98 Å². The summed E-state index contributed by atoms with van der Waals surface area (Å²) in [6.45, 7) is 13.7. The summed E-state index contributed by atoms with van der Waals surface area (Å²) < 4.78 is 2.58. The molecule has 0 aliphatic carbocycles. The van der Waals surface area contributed by atoms with Gasteiger partial charge in [-0.15, -0.1) is 0 Å². The van der Waals surface area contributed by atoms with Gasteiger partial charge in [-0.1, -0.05) is 40.5 Å². The normalized spacial score (nSPS) is 16.5. The quantitative estimate of drug-likeness (QED) is 0.819. The maximum absolute atomic E-state index is 4.96. The first-order valence-electron chi connectivity index (χ1n) is 8.78. The summed E-state index contributed by atoms with van der Waals surface area (Å²) in [5.74, 6) is 2.80. The number of nitrogens with zero attached hydrogens (tertiary/aromatic N) is 2. The summed E-state index contributed by atoms with van der Waals surface area (Å²) in [4.78, 5) is 4.96. The second kappa shape index (κ2) is 7.44. The third-order valence-electron chi connectivity index (χ3n) is 4.43. The Morgan fingerprint density at radius 3 is 2.52 bits per heavy atom. The first kappa shape index (κ1) is 16.5. The Balaban J connectivity index is 2.16. The van der Waals surface area contributed by atoms with Crippen molar-refractivity contribution in [1.82, 2.24) is 14.9 Å². The summed E-state index contributed by atoms with van der Waals surface area (Å²) in [5, 5.41) is 3.46. The van der Waals surface area contributed by atoms with Gasteiger partial charge in [0.15, 0.2) is 0 Å². The molecule has 120 valence electrons. The van der Waals surface area contributed by atoms with Crippen molar-refractivity contribution in [2.75, 3.05) is 6.54 Å². The van der Waals surface area contributed by atoms with Gasteiger partial charge in [0.2, 0.25) is 0 Å². The third-order valence-corrected chi connectivity index (χ3v) is 4.43. The molecule has 0 saturated heterocycles. The van der Waals surface area contributed by atoms with Crippen LogP contribution in [0.1, 0.15) is 77.1 Å². The number of imidazole rings is 1. The van der Waals surface area contributed by atoms with Gasteiger partial charge < -0.3 is 9.88 Å². The van der Waals surface area contributed by atoms with Gasteiger partial charge in [-0.25, -0.2) is 4.98 Å². The van der Waals surface area contributed by atoms with Gasteiger partial charge in [-0.05, 0) is 25.2 Å². The molecule has 3 heteroatoms. The average Bonchev–Trinajstić information content (AvgIpc) is 2.74. The highest BCUT2D eigenvalue weighted by atomic mass is 15.1. The maximum atomic E-state index is 4.96. The number of rotatable bonds is 7. The molecule has 2 heterocycles. The lowest BCUT2D eigenvalue weighted by Gasteiger charge is -2.22. The van der Waals surface area contributed by atoms with Crippen molar-refractivity contribution < 1.29 is 0 Å². The predicted molar refractivity (Wildman–Crippen MR) is 89.6 cm³/mol. The van der Waals surface area contributed by atoms with E-state index in [0.29, 0.717) is 12.0 Å². The van der Waals surface area contributed by atoms with Crippen LogP contribution in [0.2, 0.25) is 0 Å². The lowest BCUT2D eigenvalue weighted by atomic mass is 10.0. The molecule has 0 fully saturated rings. The molecule has 3 nitrogen and oxygen atoms in total. The molecule has 21 heavy (non-hydrogen) atoms. The molecule has 1 N–H and O–H groups in total. The van der Waals surface area contributed by atoms with E-state index in [1.165, 1.54) is 36.5 Å². The minimum atomic E-state index is 0.590. The van der Waals surface area contributed by atoms with Crippen molar-refractivity contribution in [3.8, 4) is 0 Å². The molecule has 0 saturated carbocycles. The Bertz CT molecular complexity index is 446. The van der Waals surface area contributed by atoms with Crippen LogP contribution in [0.25, 0.3) is 0 Å². The molecule has 1 atom stereocenters. The zero-order valence-corrected chi connectivity index (χ0v) is 14.6. The van der Waals surface area contributed by atoms with Gasteiger partial charge in [0, 0.05) is 37.7 Å². The van der Waals surface area contributed by atoms with E-state index in [9.17, 15) is 0 Å². The Hall–Kier alpha value is -0.830. The van der Waals surface area contributed by atoms with Crippen molar-refractivity contribution in [1.29, 1.82) is 0 Å². The van der Waals surface area contributed by atoms with E-state index in [1.54, 1.807) is 0 Å². The zero-order valence-electron chi connectivity index (χ0n) is 14.6. The first-order chi connectivity index (χ1) is 9.99. The monoisotopic (exact) mass is 291 g/mol. The summed E-state index contributed by atoms with van der Waals surface area (Å²) in [7, 11) is 0. The van der Waals surface area contributed by atoms with Crippen LogP contribution >= 0.6 is 0 Å². The molecule has 0 amide bonds. The standard InChI is InChI=1S/C18H33N3/c1-13(2)7-6-8-15(5)21-17-9-10-19-12-16(17)20-18(21)11-14(3)4/h13-15,19H,6-12H2,1-5H3. The fourth-order valence-corrected chi connectivity index (χ4v) is 3.37.